The molecule has 1 N–H and O–H groups in total. The molecule has 0 aromatic heterocycles. The van der Waals surface area contributed by atoms with Crippen LogP contribution in [0.4, 0.5) is 10.1 Å². The first kappa shape index (κ1) is 14.0. The predicted octanol–water partition coefficient (Wildman–Crippen LogP) is 4.75. The molecule has 0 unspecified atom stereocenters. The summed E-state index contributed by atoms with van der Waals surface area (Å²) >= 11 is 11.8. The van der Waals surface area contributed by atoms with E-state index in [2.05, 4.69) is 5.32 Å². The molecule has 0 amide bonds. The van der Waals surface area contributed by atoms with Crippen molar-refractivity contribution in [1.82, 2.24) is 0 Å². The van der Waals surface area contributed by atoms with Gasteiger partial charge in [-0.25, -0.2) is 4.39 Å². The maximum absolute atomic E-state index is 13.2. The number of benzene rings is 2. The summed E-state index contributed by atoms with van der Waals surface area (Å²) < 4.78 is 18.2. The molecule has 0 radical (unpaired) electrons. The smallest absolute Gasteiger partial charge is 0.137 e. The first-order valence-corrected chi connectivity index (χ1v) is 6.36. The van der Waals surface area contributed by atoms with Gasteiger partial charge in [0.2, 0.25) is 0 Å². The highest BCUT2D eigenvalue weighted by molar-refractivity contribution is 6.32. The molecule has 0 aliphatic heterocycles. The standard InChI is InChI=1S/C14H12Cl2FNO/c1-19-14-3-2-9(4-13(14)16)8-18-12-6-10(15)5-11(17)7-12/h2-7,18H,8H2,1H3. The van der Waals surface area contributed by atoms with Crippen molar-refractivity contribution in [2.75, 3.05) is 12.4 Å². The highest BCUT2D eigenvalue weighted by Crippen LogP contribution is 2.25. The van der Waals surface area contributed by atoms with Crippen LogP contribution in [0, 0.1) is 5.82 Å². The quantitative estimate of drug-likeness (QED) is 0.879. The van der Waals surface area contributed by atoms with Crippen LogP contribution in [0.3, 0.4) is 0 Å². The normalized spacial score (nSPS) is 10.3. The average Bonchev–Trinajstić information content (AvgIpc) is 2.35. The Kier molecular flexibility index (Phi) is 4.51. The van der Waals surface area contributed by atoms with Crippen molar-refractivity contribution < 1.29 is 9.13 Å². The fourth-order valence-corrected chi connectivity index (χ4v) is 2.18. The Bertz CT molecular complexity index is 569. The molecule has 0 fully saturated rings. The lowest BCUT2D eigenvalue weighted by Crippen LogP contribution is -2.00. The lowest BCUT2D eigenvalue weighted by atomic mass is 10.2. The van der Waals surface area contributed by atoms with Crippen molar-refractivity contribution in [3.8, 4) is 5.75 Å². The van der Waals surface area contributed by atoms with E-state index in [1.54, 1.807) is 25.3 Å². The van der Waals surface area contributed by atoms with Gasteiger partial charge in [-0.3, -0.25) is 0 Å². The molecule has 0 saturated heterocycles. The Morgan fingerprint density at radius 3 is 2.58 bits per heavy atom. The van der Waals surface area contributed by atoms with E-state index >= 15 is 0 Å². The minimum absolute atomic E-state index is 0.357. The summed E-state index contributed by atoms with van der Waals surface area (Å²) in [5, 5.41) is 3.98. The molecular weight excluding hydrogens is 288 g/mol. The number of anilines is 1. The van der Waals surface area contributed by atoms with E-state index in [0.717, 1.165) is 5.56 Å². The van der Waals surface area contributed by atoms with Gasteiger partial charge in [-0.05, 0) is 35.9 Å². The number of methoxy groups -OCH3 is 1. The molecule has 0 saturated carbocycles. The van der Waals surface area contributed by atoms with Crippen molar-refractivity contribution in [2.45, 2.75) is 6.54 Å². The fraction of sp³-hybridized carbons (Fsp3) is 0.143. The Balaban J connectivity index is 2.08. The first-order valence-electron chi connectivity index (χ1n) is 5.61. The molecule has 0 heterocycles. The molecule has 0 aliphatic carbocycles. The van der Waals surface area contributed by atoms with Crippen LogP contribution in [0.1, 0.15) is 5.56 Å². The highest BCUT2D eigenvalue weighted by atomic mass is 35.5. The summed E-state index contributed by atoms with van der Waals surface area (Å²) in [5.41, 5.74) is 1.59. The van der Waals surface area contributed by atoms with Crippen LogP contribution < -0.4 is 10.1 Å². The van der Waals surface area contributed by atoms with Crippen molar-refractivity contribution in [1.29, 1.82) is 0 Å². The van der Waals surface area contributed by atoms with Gasteiger partial charge in [0.25, 0.3) is 0 Å². The van der Waals surface area contributed by atoms with Gasteiger partial charge in [-0.1, -0.05) is 29.3 Å². The third-order valence-electron chi connectivity index (χ3n) is 2.58. The Morgan fingerprint density at radius 2 is 1.95 bits per heavy atom. The van der Waals surface area contributed by atoms with Gasteiger partial charge in [0.15, 0.2) is 0 Å². The summed E-state index contributed by atoms with van der Waals surface area (Å²) in [7, 11) is 1.56. The van der Waals surface area contributed by atoms with Crippen molar-refractivity contribution in [3.05, 3.63) is 57.8 Å². The zero-order valence-electron chi connectivity index (χ0n) is 10.2. The highest BCUT2D eigenvalue weighted by Gasteiger charge is 2.03. The van der Waals surface area contributed by atoms with E-state index in [-0.39, 0.29) is 5.82 Å². The minimum atomic E-state index is -0.372. The molecule has 100 valence electrons. The molecule has 2 aromatic rings. The van der Waals surface area contributed by atoms with Crippen molar-refractivity contribution >= 4 is 28.9 Å². The lowest BCUT2D eigenvalue weighted by molar-refractivity contribution is 0.415. The first-order chi connectivity index (χ1) is 9.08. The van der Waals surface area contributed by atoms with Gasteiger partial charge in [0, 0.05) is 17.3 Å². The molecule has 0 atom stereocenters. The Labute approximate surface area is 121 Å². The third kappa shape index (κ3) is 3.75. The Hall–Kier alpha value is -1.45. The van der Waals surface area contributed by atoms with Crippen LogP contribution in [-0.2, 0) is 6.54 Å². The topological polar surface area (TPSA) is 21.3 Å². The van der Waals surface area contributed by atoms with E-state index in [9.17, 15) is 4.39 Å². The maximum Gasteiger partial charge on any atom is 0.137 e. The fourth-order valence-electron chi connectivity index (χ4n) is 1.68. The molecule has 5 heteroatoms. The van der Waals surface area contributed by atoms with Crippen molar-refractivity contribution in [2.24, 2.45) is 0 Å². The van der Waals surface area contributed by atoms with Crippen LogP contribution in [0.5, 0.6) is 5.75 Å². The van der Waals surface area contributed by atoms with E-state index < -0.39 is 0 Å². The van der Waals surface area contributed by atoms with Crippen LogP contribution in [0.25, 0.3) is 0 Å². The van der Waals surface area contributed by atoms with E-state index in [1.165, 1.54) is 12.1 Å². The van der Waals surface area contributed by atoms with E-state index in [4.69, 9.17) is 27.9 Å². The van der Waals surface area contributed by atoms with Gasteiger partial charge < -0.3 is 10.1 Å². The summed E-state index contributed by atoms with van der Waals surface area (Å²) in [6.07, 6.45) is 0. The number of halogens is 3. The number of rotatable bonds is 4. The Morgan fingerprint density at radius 1 is 1.16 bits per heavy atom. The van der Waals surface area contributed by atoms with Gasteiger partial charge in [0.05, 0.1) is 12.1 Å². The molecular formula is C14H12Cl2FNO. The van der Waals surface area contributed by atoms with Gasteiger partial charge >= 0.3 is 0 Å². The second-order valence-electron chi connectivity index (χ2n) is 3.98. The molecule has 2 aromatic carbocycles. The largest absolute Gasteiger partial charge is 0.495 e. The number of hydrogen-bond acceptors (Lipinski definition) is 2. The van der Waals surface area contributed by atoms with E-state index in [1.807, 2.05) is 6.07 Å². The summed E-state index contributed by atoms with van der Waals surface area (Å²) in [5.74, 6) is 0.252. The molecule has 2 nitrogen and oxygen atoms in total. The number of hydrogen-bond donors (Lipinski definition) is 1. The molecule has 19 heavy (non-hydrogen) atoms. The zero-order valence-corrected chi connectivity index (χ0v) is 11.7. The van der Waals surface area contributed by atoms with Gasteiger partial charge in [0.1, 0.15) is 11.6 Å². The maximum atomic E-state index is 13.2. The molecule has 0 spiro atoms. The number of nitrogens with one attached hydrogen (secondary N) is 1. The second-order valence-corrected chi connectivity index (χ2v) is 4.82. The van der Waals surface area contributed by atoms with Gasteiger partial charge in [-0.15, -0.1) is 0 Å². The van der Waals surface area contributed by atoms with Crippen LogP contribution in [-0.4, -0.2) is 7.11 Å². The number of ether oxygens (including phenoxy) is 1. The van der Waals surface area contributed by atoms with Crippen molar-refractivity contribution in [3.63, 3.8) is 0 Å². The zero-order chi connectivity index (χ0) is 13.8. The average molecular weight is 300 g/mol. The van der Waals surface area contributed by atoms with Crippen LogP contribution in [0.2, 0.25) is 10.0 Å². The second kappa shape index (κ2) is 6.13. The van der Waals surface area contributed by atoms with Crippen LogP contribution in [0.15, 0.2) is 36.4 Å². The van der Waals surface area contributed by atoms with Gasteiger partial charge in [-0.2, -0.15) is 0 Å². The summed E-state index contributed by atoms with van der Waals surface area (Å²) in [4.78, 5) is 0. The SMILES string of the molecule is COc1ccc(CNc2cc(F)cc(Cl)c2)cc1Cl. The summed E-state index contributed by atoms with van der Waals surface area (Å²) in [6.45, 7) is 0.517. The van der Waals surface area contributed by atoms with E-state index in [0.29, 0.717) is 28.0 Å². The lowest BCUT2D eigenvalue weighted by Gasteiger charge is -2.09. The third-order valence-corrected chi connectivity index (χ3v) is 3.09. The molecule has 0 bridgehead atoms. The predicted molar refractivity (Wildman–Crippen MR) is 76.7 cm³/mol. The van der Waals surface area contributed by atoms with Crippen LogP contribution >= 0.6 is 23.2 Å². The molecule has 2 rings (SSSR count). The minimum Gasteiger partial charge on any atom is -0.495 e. The molecule has 0 aliphatic rings. The monoisotopic (exact) mass is 299 g/mol. The summed E-state index contributed by atoms with van der Waals surface area (Å²) in [6, 6.07) is 9.79.